The monoisotopic (exact) mass is 450 g/mol. The SMILES string of the molecule is O=C(Nc1ccc(Cl)cn1)C(Oc1ccc(Br)cc1)c1ccc(Cl)cc1. The highest BCUT2D eigenvalue weighted by molar-refractivity contribution is 9.10. The molecule has 0 aliphatic rings. The third kappa shape index (κ3) is 4.97. The average molecular weight is 452 g/mol. The molecule has 1 N–H and O–H groups in total. The van der Waals surface area contributed by atoms with Crippen molar-refractivity contribution in [3.63, 3.8) is 0 Å². The Bertz CT molecular complexity index is 885. The van der Waals surface area contributed by atoms with Gasteiger partial charge in [0.15, 0.2) is 0 Å². The molecular formula is C19H13BrCl2N2O2. The number of nitrogens with one attached hydrogen (secondary N) is 1. The van der Waals surface area contributed by atoms with E-state index < -0.39 is 6.10 Å². The Hall–Kier alpha value is -2.08. The van der Waals surface area contributed by atoms with Crippen molar-refractivity contribution in [2.75, 3.05) is 5.32 Å². The molecule has 1 unspecified atom stereocenters. The Morgan fingerprint density at radius 2 is 1.62 bits per heavy atom. The molecule has 0 radical (unpaired) electrons. The van der Waals surface area contributed by atoms with Gasteiger partial charge in [-0.2, -0.15) is 0 Å². The van der Waals surface area contributed by atoms with Gasteiger partial charge in [-0.25, -0.2) is 4.98 Å². The molecule has 26 heavy (non-hydrogen) atoms. The number of amides is 1. The lowest BCUT2D eigenvalue weighted by molar-refractivity contribution is -0.123. The molecule has 1 amide bonds. The van der Waals surface area contributed by atoms with Gasteiger partial charge in [-0.15, -0.1) is 0 Å². The van der Waals surface area contributed by atoms with E-state index in [0.29, 0.717) is 27.2 Å². The Kier molecular flexibility index (Phi) is 6.14. The molecule has 132 valence electrons. The predicted molar refractivity (Wildman–Crippen MR) is 107 cm³/mol. The lowest BCUT2D eigenvalue weighted by Crippen LogP contribution is -2.26. The summed E-state index contributed by atoms with van der Waals surface area (Å²) in [6.45, 7) is 0. The summed E-state index contributed by atoms with van der Waals surface area (Å²) in [6, 6.07) is 17.4. The minimum Gasteiger partial charge on any atom is -0.476 e. The van der Waals surface area contributed by atoms with Crippen LogP contribution in [0, 0.1) is 0 Å². The van der Waals surface area contributed by atoms with Crippen LogP contribution in [-0.2, 0) is 4.79 Å². The predicted octanol–water partition coefficient (Wildman–Crippen LogP) is 5.91. The van der Waals surface area contributed by atoms with Crippen LogP contribution in [-0.4, -0.2) is 10.9 Å². The number of anilines is 1. The summed E-state index contributed by atoms with van der Waals surface area (Å²) < 4.78 is 6.84. The number of rotatable bonds is 5. The minimum absolute atomic E-state index is 0.356. The van der Waals surface area contributed by atoms with E-state index in [0.717, 1.165) is 4.47 Å². The molecule has 0 bridgehead atoms. The van der Waals surface area contributed by atoms with E-state index in [1.165, 1.54) is 6.20 Å². The molecule has 0 spiro atoms. The van der Waals surface area contributed by atoms with Crippen LogP contribution in [0.5, 0.6) is 5.75 Å². The number of hydrogen-bond acceptors (Lipinski definition) is 3. The maximum Gasteiger partial charge on any atom is 0.271 e. The second-order valence-electron chi connectivity index (χ2n) is 5.35. The standard InChI is InChI=1S/C19H13BrCl2N2O2/c20-13-3-8-16(9-4-13)26-18(12-1-5-14(21)6-2-12)19(25)24-17-10-7-15(22)11-23-17/h1-11,18H,(H,23,24,25). The number of nitrogens with zero attached hydrogens (tertiary/aromatic N) is 1. The molecule has 1 atom stereocenters. The van der Waals surface area contributed by atoms with Crippen molar-refractivity contribution in [1.29, 1.82) is 0 Å². The molecule has 7 heteroatoms. The largest absolute Gasteiger partial charge is 0.476 e. The quantitative estimate of drug-likeness (QED) is 0.524. The van der Waals surface area contributed by atoms with Crippen molar-refractivity contribution in [3.8, 4) is 5.75 Å². The average Bonchev–Trinajstić information content (AvgIpc) is 2.64. The number of benzene rings is 2. The molecule has 1 aromatic heterocycles. The van der Waals surface area contributed by atoms with Crippen LogP contribution < -0.4 is 10.1 Å². The minimum atomic E-state index is -0.870. The zero-order valence-corrected chi connectivity index (χ0v) is 16.4. The highest BCUT2D eigenvalue weighted by Crippen LogP contribution is 2.26. The first-order valence-corrected chi connectivity index (χ1v) is 9.16. The van der Waals surface area contributed by atoms with Gasteiger partial charge < -0.3 is 10.1 Å². The number of halogens is 3. The number of hydrogen-bond donors (Lipinski definition) is 1. The molecule has 0 saturated carbocycles. The highest BCUT2D eigenvalue weighted by Gasteiger charge is 2.23. The molecular weight excluding hydrogens is 439 g/mol. The van der Waals surface area contributed by atoms with Crippen LogP contribution in [0.2, 0.25) is 10.0 Å². The normalized spacial score (nSPS) is 11.7. The van der Waals surface area contributed by atoms with Crippen LogP contribution in [0.4, 0.5) is 5.82 Å². The zero-order valence-electron chi connectivity index (χ0n) is 13.3. The summed E-state index contributed by atoms with van der Waals surface area (Å²) in [6.07, 6.45) is 0.593. The van der Waals surface area contributed by atoms with Gasteiger partial charge in [-0.1, -0.05) is 51.3 Å². The van der Waals surface area contributed by atoms with Crippen molar-refractivity contribution in [1.82, 2.24) is 4.98 Å². The fourth-order valence-electron chi connectivity index (χ4n) is 2.20. The Morgan fingerprint density at radius 3 is 2.23 bits per heavy atom. The summed E-state index contributed by atoms with van der Waals surface area (Å²) in [7, 11) is 0. The summed E-state index contributed by atoms with van der Waals surface area (Å²) in [5, 5.41) is 3.81. The molecule has 2 aromatic carbocycles. The Labute approximate surface area is 169 Å². The van der Waals surface area contributed by atoms with Crippen molar-refractivity contribution in [2.45, 2.75) is 6.10 Å². The highest BCUT2D eigenvalue weighted by atomic mass is 79.9. The van der Waals surface area contributed by atoms with Crippen molar-refractivity contribution in [2.24, 2.45) is 0 Å². The maximum atomic E-state index is 12.8. The third-order valence-electron chi connectivity index (χ3n) is 3.46. The first-order chi connectivity index (χ1) is 12.5. The van der Waals surface area contributed by atoms with Crippen LogP contribution in [0.25, 0.3) is 0 Å². The topological polar surface area (TPSA) is 51.2 Å². The van der Waals surface area contributed by atoms with E-state index in [2.05, 4.69) is 26.2 Å². The van der Waals surface area contributed by atoms with Gasteiger partial charge in [-0.3, -0.25) is 4.79 Å². The van der Waals surface area contributed by atoms with E-state index in [1.54, 1.807) is 48.5 Å². The van der Waals surface area contributed by atoms with E-state index in [9.17, 15) is 4.79 Å². The summed E-state index contributed by atoms with van der Waals surface area (Å²) in [4.78, 5) is 16.9. The van der Waals surface area contributed by atoms with E-state index >= 15 is 0 Å². The number of pyridine rings is 1. The molecule has 3 rings (SSSR count). The van der Waals surface area contributed by atoms with E-state index in [1.807, 2.05) is 12.1 Å². The summed E-state index contributed by atoms with van der Waals surface area (Å²) in [5.41, 5.74) is 0.670. The van der Waals surface area contributed by atoms with Crippen molar-refractivity contribution < 1.29 is 9.53 Å². The summed E-state index contributed by atoms with van der Waals surface area (Å²) >= 11 is 15.1. The Balaban J connectivity index is 1.85. The van der Waals surface area contributed by atoms with Gasteiger partial charge in [0.2, 0.25) is 6.10 Å². The molecule has 0 aliphatic carbocycles. The molecule has 0 fully saturated rings. The summed E-state index contributed by atoms with van der Waals surface area (Å²) in [5.74, 6) is 0.593. The van der Waals surface area contributed by atoms with Crippen molar-refractivity contribution in [3.05, 3.63) is 86.9 Å². The van der Waals surface area contributed by atoms with Gasteiger partial charge in [0.05, 0.1) is 5.02 Å². The number of carbonyl (C=O) groups is 1. The second kappa shape index (κ2) is 8.54. The smallest absolute Gasteiger partial charge is 0.271 e. The first kappa shape index (κ1) is 18.7. The van der Waals surface area contributed by atoms with Crippen LogP contribution in [0.15, 0.2) is 71.3 Å². The Morgan fingerprint density at radius 1 is 0.962 bits per heavy atom. The van der Waals surface area contributed by atoms with Gasteiger partial charge in [0.1, 0.15) is 11.6 Å². The number of ether oxygens (including phenoxy) is 1. The van der Waals surface area contributed by atoms with Gasteiger partial charge in [0.25, 0.3) is 5.91 Å². The molecule has 3 aromatic rings. The lowest BCUT2D eigenvalue weighted by Gasteiger charge is -2.19. The van der Waals surface area contributed by atoms with Gasteiger partial charge in [0, 0.05) is 21.3 Å². The molecule has 4 nitrogen and oxygen atoms in total. The number of carbonyl (C=O) groups excluding carboxylic acids is 1. The maximum absolute atomic E-state index is 12.8. The van der Waals surface area contributed by atoms with Crippen LogP contribution >= 0.6 is 39.1 Å². The fraction of sp³-hybridized carbons (Fsp3) is 0.0526. The molecule has 1 heterocycles. The molecule has 0 aliphatic heterocycles. The van der Waals surface area contributed by atoms with Crippen LogP contribution in [0.3, 0.4) is 0 Å². The number of aromatic nitrogens is 1. The molecule has 0 saturated heterocycles. The van der Waals surface area contributed by atoms with Crippen molar-refractivity contribution >= 4 is 50.9 Å². The second-order valence-corrected chi connectivity index (χ2v) is 7.14. The van der Waals surface area contributed by atoms with E-state index in [-0.39, 0.29) is 5.91 Å². The van der Waals surface area contributed by atoms with Gasteiger partial charge in [-0.05, 0) is 48.5 Å². The fourth-order valence-corrected chi connectivity index (χ4v) is 2.70. The third-order valence-corrected chi connectivity index (χ3v) is 4.46. The zero-order chi connectivity index (χ0) is 18.5. The van der Waals surface area contributed by atoms with E-state index in [4.69, 9.17) is 27.9 Å². The van der Waals surface area contributed by atoms with Crippen LogP contribution in [0.1, 0.15) is 11.7 Å². The lowest BCUT2D eigenvalue weighted by atomic mass is 10.1. The van der Waals surface area contributed by atoms with Gasteiger partial charge >= 0.3 is 0 Å². The first-order valence-electron chi connectivity index (χ1n) is 7.61.